The lowest BCUT2D eigenvalue weighted by Gasteiger charge is -2.27. The number of nitrogens with zero attached hydrogens (tertiary/aromatic N) is 2. The Kier molecular flexibility index (Phi) is 5.03. The highest BCUT2D eigenvalue weighted by Gasteiger charge is 2.23. The molecule has 0 unspecified atom stereocenters. The molecule has 138 valence electrons. The molecule has 2 heterocycles. The lowest BCUT2D eigenvalue weighted by molar-refractivity contribution is 0.0773. The number of thioether (sulfide) groups is 1. The summed E-state index contributed by atoms with van der Waals surface area (Å²) in [5.74, 6) is 2.04. The van der Waals surface area contributed by atoms with Crippen molar-refractivity contribution in [3.63, 3.8) is 0 Å². The largest absolute Gasteiger partial charge is 0.354 e. The highest BCUT2D eigenvalue weighted by atomic mass is 32.2. The molecule has 27 heavy (non-hydrogen) atoms. The number of pyridine rings is 1. The van der Waals surface area contributed by atoms with Crippen molar-refractivity contribution in [3.8, 4) is 0 Å². The molecule has 1 amide bonds. The molecule has 1 N–H and O–H groups in total. The average molecular weight is 378 g/mol. The third-order valence-electron chi connectivity index (χ3n) is 4.80. The standard InChI is InChI=1S/C22H23N3OS/c1-15-11-16(2)13-17(12-15)24-21-18-5-3-4-6-20(18)23-14-19(21)22(26)25-7-9-27-10-8-25/h3-6,11-14H,7-10H2,1-2H3,(H,23,24). The maximum absolute atomic E-state index is 13.2. The third-order valence-corrected chi connectivity index (χ3v) is 5.74. The van der Waals surface area contributed by atoms with Gasteiger partial charge in [-0.1, -0.05) is 24.3 Å². The van der Waals surface area contributed by atoms with Gasteiger partial charge in [0.05, 0.1) is 16.8 Å². The first-order valence-corrected chi connectivity index (χ1v) is 10.4. The van der Waals surface area contributed by atoms with Crippen LogP contribution in [0, 0.1) is 13.8 Å². The molecular formula is C22H23N3OS. The van der Waals surface area contributed by atoms with Crippen LogP contribution >= 0.6 is 11.8 Å². The molecule has 1 aliphatic heterocycles. The predicted molar refractivity (Wildman–Crippen MR) is 114 cm³/mol. The Morgan fingerprint density at radius 3 is 2.52 bits per heavy atom. The van der Waals surface area contributed by atoms with E-state index in [-0.39, 0.29) is 5.91 Å². The summed E-state index contributed by atoms with van der Waals surface area (Å²) in [5.41, 5.74) is 5.74. The molecule has 3 aromatic rings. The van der Waals surface area contributed by atoms with E-state index < -0.39 is 0 Å². The maximum atomic E-state index is 13.2. The Labute approximate surface area is 164 Å². The molecule has 1 aromatic heterocycles. The van der Waals surface area contributed by atoms with E-state index in [0.29, 0.717) is 5.56 Å². The highest BCUT2D eigenvalue weighted by molar-refractivity contribution is 7.99. The number of hydrogen-bond donors (Lipinski definition) is 1. The maximum Gasteiger partial charge on any atom is 0.257 e. The number of aryl methyl sites for hydroxylation is 2. The number of para-hydroxylation sites is 1. The van der Waals surface area contributed by atoms with Crippen molar-refractivity contribution in [1.82, 2.24) is 9.88 Å². The summed E-state index contributed by atoms with van der Waals surface area (Å²) in [6, 6.07) is 14.3. The van der Waals surface area contributed by atoms with Crippen LogP contribution in [-0.2, 0) is 0 Å². The van der Waals surface area contributed by atoms with Gasteiger partial charge >= 0.3 is 0 Å². The van der Waals surface area contributed by atoms with Crippen LogP contribution in [0.25, 0.3) is 10.9 Å². The SMILES string of the molecule is Cc1cc(C)cc(Nc2c(C(=O)N3CCSCC3)cnc3ccccc23)c1. The molecule has 0 bridgehead atoms. The van der Waals surface area contributed by atoms with E-state index in [4.69, 9.17) is 0 Å². The predicted octanol–water partition coefficient (Wildman–Crippen LogP) is 4.78. The fourth-order valence-electron chi connectivity index (χ4n) is 3.57. The third kappa shape index (κ3) is 3.78. The molecule has 0 saturated carbocycles. The molecule has 1 fully saturated rings. The van der Waals surface area contributed by atoms with Crippen LogP contribution in [0.15, 0.2) is 48.7 Å². The minimum absolute atomic E-state index is 0.0560. The van der Waals surface area contributed by atoms with Crippen LogP contribution in [0.5, 0.6) is 0 Å². The lowest BCUT2D eigenvalue weighted by atomic mass is 10.1. The van der Waals surface area contributed by atoms with Crippen LogP contribution in [0.2, 0.25) is 0 Å². The van der Waals surface area contributed by atoms with Gasteiger partial charge in [0.15, 0.2) is 0 Å². The summed E-state index contributed by atoms with van der Waals surface area (Å²) >= 11 is 1.90. The Hall–Kier alpha value is -2.53. The molecule has 4 rings (SSSR count). The first-order valence-electron chi connectivity index (χ1n) is 9.22. The second kappa shape index (κ2) is 7.61. The molecule has 0 radical (unpaired) electrons. The van der Waals surface area contributed by atoms with Crippen LogP contribution in [0.1, 0.15) is 21.5 Å². The summed E-state index contributed by atoms with van der Waals surface area (Å²) in [5, 5.41) is 4.49. The molecule has 1 saturated heterocycles. The molecule has 5 heteroatoms. The number of carbonyl (C=O) groups excluding carboxylic acids is 1. The number of benzene rings is 2. The van der Waals surface area contributed by atoms with Gasteiger partial charge in [0.25, 0.3) is 5.91 Å². The summed E-state index contributed by atoms with van der Waals surface area (Å²) in [7, 11) is 0. The minimum atomic E-state index is 0.0560. The van der Waals surface area contributed by atoms with E-state index in [9.17, 15) is 4.79 Å². The summed E-state index contributed by atoms with van der Waals surface area (Å²) < 4.78 is 0. The van der Waals surface area contributed by atoms with Crippen molar-refractivity contribution in [1.29, 1.82) is 0 Å². The zero-order valence-corrected chi connectivity index (χ0v) is 16.5. The van der Waals surface area contributed by atoms with Gasteiger partial charge in [0.1, 0.15) is 0 Å². The number of carbonyl (C=O) groups is 1. The number of hydrogen-bond acceptors (Lipinski definition) is 4. The Bertz CT molecular complexity index is 976. The molecule has 2 aromatic carbocycles. The number of anilines is 2. The Morgan fingerprint density at radius 1 is 1.07 bits per heavy atom. The topological polar surface area (TPSA) is 45.2 Å². The van der Waals surface area contributed by atoms with Crippen LogP contribution in [-0.4, -0.2) is 40.4 Å². The number of amides is 1. The van der Waals surface area contributed by atoms with Gasteiger partial charge in [-0.05, 0) is 43.2 Å². The van der Waals surface area contributed by atoms with Crippen LogP contribution < -0.4 is 5.32 Å². The van der Waals surface area contributed by atoms with Crippen molar-refractivity contribution in [2.24, 2.45) is 0 Å². The van der Waals surface area contributed by atoms with Gasteiger partial charge in [-0.3, -0.25) is 9.78 Å². The number of rotatable bonds is 3. The van der Waals surface area contributed by atoms with Crippen LogP contribution in [0.3, 0.4) is 0 Å². The normalized spacial score (nSPS) is 14.4. The van der Waals surface area contributed by atoms with Gasteiger partial charge in [-0.2, -0.15) is 11.8 Å². The van der Waals surface area contributed by atoms with Gasteiger partial charge in [0, 0.05) is 41.9 Å². The van der Waals surface area contributed by atoms with E-state index in [2.05, 4.69) is 42.3 Å². The number of aromatic nitrogens is 1. The number of nitrogens with one attached hydrogen (secondary N) is 1. The first kappa shape index (κ1) is 17.9. The second-order valence-electron chi connectivity index (χ2n) is 6.97. The Balaban J connectivity index is 1.81. The molecular weight excluding hydrogens is 354 g/mol. The van der Waals surface area contributed by atoms with Crippen molar-refractivity contribution >= 4 is 39.9 Å². The minimum Gasteiger partial charge on any atom is -0.354 e. The summed E-state index contributed by atoms with van der Waals surface area (Å²) in [6.07, 6.45) is 1.72. The smallest absolute Gasteiger partial charge is 0.257 e. The molecule has 0 spiro atoms. The second-order valence-corrected chi connectivity index (χ2v) is 8.19. The fourth-order valence-corrected chi connectivity index (χ4v) is 4.47. The van der Waals surface area contributed by atoms with E-state index in [1.807, 2.05) is 40.9 Å². The molecule has 4 nitrogen and oxygen atoms in total. The summed E-state index contributed by atoms with van der Waals surface area (Å²) in [6.45, 7) is 5.75. The number of fused-ring (bicyclic) bond motifs is 1. The monoisotopic (exact) mass is 377 g/mol. The van der Waals surface area contributed by atoms with E-state index in [1.54, 1.807) is 6.20 Å². The summed E-state index contributed by atoms with van der Waals surface area (Å²) in [4.78, 5) is 19.7. The quantitative estimate of drug-likeness (QED) is 0.713. The zero-order chi connectivity index (χ0) is 18.8. The first-order chi connectivity index (χ1) is 13.1. The lowest BCUT2D eigenvalue weighted by Crippen LogP contribution is -2.38. The van der Waals surface area contributed by atoms with E-state index in [1.165, 1.54) is 11.1 Å². The highest BCUT2D eigenvalue weighted by Crippen LogP contribution is 2.31. The van der Waals surface area contributed by atoms with Gasteiger partial charge < -0.3 is 10.2 Å². The van der Waals surface area contributed by atoms with E-state index >= 15 is 0 Å². The van der Waals surface area contributed by atoms with Crippen LogP contribution in [0.4, 0.5) is 11.4 Å². The fraction of sp³-hybridized carbons (Fsp3) is 0.273. The molecule has 1 aliphatic rings. The van der Waals surface area contributed by atoms with Crippen molar-refractivity contribution in [3.05, 3.63) is 65.4 Å². The van der Waals surface area contributed by atoms with Gasteiger partial charge in [-0.15, -0.1) is 0 Å². The Morgan fingerprint density at radius 2 is 1.78 bits per heavy atom. The van der Waals surface area contributed by atoms with E-state index in [0.717, 1.165) is 46.9 Å². The molecule has 0 atom stereocenters. The molecule has 0 aliphatic carbocycles. The zero-order valence-electron chi connectivity index (χ0n) is 15.7. The van der Waals surface area contributed by atoms with Crippen molar-refractivity contribution in [2.75, 3.05) is 29.9 Å². The van der Waals surface area contributed by atoms with Crippen molar-refractivity contribution in [2.45, 2.75) is 13.8 Å². The van der Waals surface area contributed by atoms with Crippen molar-refractivity contribution < 1.29 is 4.79 Å². The van der Waals surface area contributed by atoms with Gasteiger partial charge in [-0.25, -0.2) is 0 Å². The average Bonchev–Trinajstić information content (AvgIpc) is 2.68. The van der Waals surface area contributed by atoms with Gasteiger partial charge in [0.2, 0.25) is 0 Å².